The number of halogens is 1. The topological polar surface area (TPSA) is 114 Å². The smallest absolute Gasteiger partial charge is 0.225 e. The van der Waals surface area contributed by atoms with Crippen molar-refractivity contribution in [2.75, 3.05) is 29.5 Å². The van der Waals surface area contributed by atoms with Crippen LogP contribution in [0.4, 0.5) is 5.69 Å². The van der Waals surface area contributed by atoms with Gasteiger partial charge < -0.3 is 10.2 Å². The fourth-order valence-electron chi connectivity index (χ4n) is 5.97. The number of nitriles is 1. The highest BCUT2D eigenvalue weighted by Crippen LogP contribution is 2.44. The molecule has 0 spiro atoms. The molecule has 3 fully saturated rings. The van der Waals surface area contributed by atoms with Crippen LogP contribution >= 0.6 is 22.2 Å². The Kier molecular flexibility index (Phi) is 7.30. The van der Waals surface area contributed by atoms with E-state index in [0.717, 1.165) is 53.9 Å². The monoisotopic (exact) mass is 579 g/mol. The number of nitrogens with one attached hydrogen (secondary N) is 1. The molecule has 1 amide bonds. The Balaban J connectivity index is 1.35. The van der Waals surface area contributed by atoms with Crippen molar-refractivity contribution in [3.05, 3.63) is 65.4 Å². The highest BCUT2D eigenvalue weighted by molar-refractivity contribution is 8.24. The third kappa shape index (κ3) is 5.46. The first-order valence-electron chi connectivity index (χ1n) is 13.9. The number of hydrogen-bond donors (Lipinski definition) is 3. The number of para-hydroxylation sites is 1. The molecule has 3 N–H and O–H groups in total. The zero-order chi connectivity index (χ0) is 27.9. The average Bonchev–Trinajstić information content (AvgIpc) is 3.60. The molecule has 2 aliphatic carbocycles. The van der Waals surface area contributed by atoms with Crippen molar-refractivity contribution in [1.82, 2.24) is 15.1 Å². The first kappa shape index (κ1) is 27.2. The lowest BCUT2D eigenvalue weighted by Gasteiger charge is -2.41. The van der Waals surface area contributed by atoms with Crippen LogP contribution in [0.1, 0.15) is 50.1 Å². The largest absolute Gasteiger partial charge is 0.368 e. The number of carbonyl (C=O) groups excluding carboxylic acids is 1. The van der Waals surface area contributed by atoms with Crippen molar-refractivity contribution in [3.8, 4) is 22.9 Å². The molecule has 210 valence electrons. The Labute approximate surface area is 241 Å². The summed E-state index contributed by atoms with van der Waals surface area (Å²) in [6.45, 7) is 1.22. The number of aromatic nitrogens is 2. The molecule has 1 aromatic heterocycles. The highest BCUT2D eigenvalue weighted by atomic mass is 35.5. The highest BCUT2D eigenvalue weighted by Gasteiger charge is 2.47. The van der Waals surface area contributed by atoms with Crippen molar-refractivity contribution in [3.63, 3.8) is 0 Å². The van der Waals surface area contributed by atoms with Gasteiger partial charge in [0.1, 0.15) is 5.54 Å². The normalized spacial score (nSPS) is 24.1. The van der Waals surface area contributed by atoms with Crippen molar-refractivity contribution >= 4 is 33.8 Å². The van der Waals surface area contributed by atoms with Crippen LogP contribution in [0.25, 0.3) is 16.8 Å². The fourth-order valence-corrected chi connectivity index (χ4v) is 7.42. The van der Waals surface area contributed by atoms with E-state index in [0.29, 0.717) is 42.5 Å². The molecule has 3 aromatic rings. The summed E-state index contributed by atoms with van der Waals surface area (Å²) >= 11 is 6.56. The lowest BCUT2D eigenvalue weighted by atomic mass is 9.75. The van der Waals surface area contributed by atoms with Gasteiger partial charge in [0.25, 0.3) is 0 Å². The zero-order valence-electron chi connectivity index (χ0n) is 22.3. The van der Waals surface area contributed by atoms with Crippen LogP contribution in [0.3, 0.4) is 0 Å². The quantitative estimate of drug-likeness (QED) is 0.320. The van der Waals surface area contributed by atoms with Crippen LogP contribution in [0.5, 0.6) is 0 Å². The van der Waals surface area contributed by atoms with Gasteiger partial charge in [-0.05, 0) is 55.5 Å². The molecule has 2 aromatic carbocycles. The van der Waals surface area contributed by atoms with E-state index in [1.165, 1.54) is 0 Å². The SMILES string of the molecule is N#CC1(NC(=O)[C@@H]2CCCC[C@H]2c2nn(-c3ccccc3Cl)cc2-c2ccc(N3CCS(O)(O)CC3)cc2)CC1. The van der Waals surface area contributed by atoms with Crippen molar-refractivity contribution in [2.45, 2.75) is 50.0 Å². The molecule has 2 atom stereocenters. The summed E-state index contributed by atoms with van der Waals surface area (Å²) in [5.74, 6) is 0.409. The summed E-state index contributed by atoms with van der Waals surface area (Å²) in [5, 5.41) is 18.3. The Morgan fingerprint density at radius 3 is 2.45 bits per heavy atom. The van der Waals surface area contributed by atoms with Crippen molar-refractivity contribution < 1.29 is 13.9 Å². The number of anilines is 1. The van der Waals surface area contributed by atoms with E-state index in [-0.39, 0.29) is 17.7 Å². The Bertz CT molecular complexity index is 1440. The van der Waals surface area contributed by atoms with Gasteiger partial charge in [0.05, 0.1) is 34.0 Å². The van der Waals surface area contributed by atoms with Crippen LogP contribution < -0.4 is 10.2 Å². The molecule has 2 heterocycles. The van der Waals surface area contributed by atoms with Gasteiger partial charge in [-0.1, -0.05) is 48.7 Å². The van der Waals surface area contributed by atoms with Crippen molar-refractivity contribution in [2.24, 2.45) is 5.92 Å². The van der Waals surface area contributed by atoms with Gasteiger partial charge in [0.15, 0.2) is 0 Å². The van der Waals surface area contributed by atoms with E-state index in [1.807, 2.05) is 35.1 Å². The van der Waals surface area contributed by atoms with Crippen LogP contribution in [0.15, 0.2) is 54.7 Å². The van der Waals surface area contributed by atoms with Gasteiger partial charge >= 0.3 is 0 Å². The van der Waals surface area contributed by atoms with Gasteiger partial charge in [-0.25, -0.2) is 4.68 Å². The van der Waals surface area contributed by atoms with E-state index in [9.17, 15) is 19.2 Å². The molecule has 0 radical (unpaired) electrons. The summed E-state index contributed by atoms with van der Waals surface area (Å²) in [6.07, 6.45) is 7.03. The molecule has 1 aliphatic heterocycles. The summed E-state index contributed by atoms with van der Waals surface area (Å²) in [4.78, 5) is 15.7. The van der Waals surface area contributed by atoms with Gasteiger partial charge in [0, 0.05) is 42.4 Å². The molecule has 10 heteroatoms. The maximum absolute atomic E-state index is 13.5. The molecule has 8 nitrogen and oxygen atoms in total. The molecule has 0 bridgehead atoms. The van der Waals surface area contributed by atoms with Crippen LogP contribution in [0, 0.1) is 17.2 Å². The first-order valence-corrected chi connectivity index (χ1v) is 16.2. The van der Waals surface area contributed by atoms with Crippen LogP contribution in [-0.2, 0) is 4.79 Å². The van der Waals surface area contributed by atoms with E-state index >= 15 is 0 Å². The summed E-state index contributed by atoms with van der Waals surface area (Å²) in [6, 6.07) is 18.2. The fraction of sp³-hybridized carbons (Fsp3) is 0.433. The van der Waals surface area contributed by atoms with Crippen molar-refractivity contribution in [1.29, 1.82) is 5.26 Å². The van der Waals surface area contributed by atoms with E-state index < -0.39 is 16.1 Å². The standard InChI is InChI=1S/C30H34ClN5O3S/c31-26-7-3-4-8-27(26)36-19-25(21-9-11-22(12-10-21)35-15-17-40(38,39)18-16-35)28(34-36)23-5-1-2-6-24(23)29(37)33-30(20-32)13-14-30/h3-4,7-12,19,23-24,38-39H,1-2,5-6,13-18H2,(H,33,37)/t23-,24-/m1/s1. The lowest BCUT2D eigenvalue weighted by Crippen LogP contribution is -2.42. The third-order valence-electron chi connectivity index (χ3n) is 8.54. The molecule has 1 saturated heterocycles. The number of amides is 1. The molecule has 40 heavy (non-hydrogen) atoms. The maximum Gasteiger partial charge on any atom is 0.225 e. The number of benzene rings is 2. The number of hydrogen-bond acceptors (Lipinski definition) is 6. The molecule has 3 aliphatic rings. The minimum Gasteiger partial charge on any atom is -0.368 e. The number of rotatable bonds is 6. The molecule has 0 unspecified atom stereocenters. The second-order valence-corrected chi connectivity index (χ2v) is 14.1. The van der Waals surface area contributed by atoms with Gasteiger partial charge in [0.2, 0.25) is 5.91 Å². The molecular formula is C30H34ClN5O3S. The Hall–Kier alpha value is -3.03. The van der Waals surface area contributed by atoms with E-state index in [2.05, 4.69) is 40.6 Å². The Morgan fingerprint density at radius 2 is 1.77 bits per heavy atom. The predicted molar refractivity (Wildman–Crippen MR) is 159 cm³/mol. The van der Waals surface area contributed by atoms with Crippen LogP contribution in [-0.4, -0.2) is 54.9 Å². The number of nitrogens with zero attached hydrogens (tertiary/aromatic N) is 4. The molecular weight excluding hydrogens is 546 g/mol. The van der Waals surface area contributed by atoms with Gasteiger partial charge in [-0.3, -0.25) is 13.9 Å². The molecule has 2 saturated carbocycles. The van der Waals surface area contributed by atoms with E-state index in [1.54, 1.807) is 0 Å². The summed E-state index contributed by atoms with van der Waals surface area (Å²) < 4.78 is 21.8. The molecule has 6 rings (SSSR count). The maximum atomic E-state index is 13.5. The minimum absolute atomic E-state index is 0.0478. The summed E-state index contributed by atoms with van der Waals surface area (Å²) in [7, 11) is -2.46. The van der Waals surface area contributed by atoms with E-state index in [4.69, 9.17) is 16.7 Å². The lowest BCUT2D eigenvalue weighted by molar-refractivity contribution is -0.127. The predicted octanol–water partition coefficient (Wildman–Crippen LogP) is 6.21. The van der Waals surface area contributed by atoms with Gasteiger partial charge in [-0.15, -0.1) is 0 Å². The minimum atomic E-state index is -2.46. The Morgan fingerprint density at radius 1 is 1.07 bits per heavy atom. The average molecular weight is 580 g/mol. The third-order valence-corrected chi connectivity index (χ3v) is 10.5. The second-order valence-electron chi connectivity index (χ2n) is 11.2. The summed E-state index contributed by atoms with van der Waals surface area (Å²) in [5.41, 5.74) is 3.96. The van der Waals surface area contributed by atoms with Crippen LogP contribution in [0.2, 0.25) is 5.02 Å². The van der Waals surface area contributed by atoms with Gasteiger partial charge in [-0.2, -0.15) is 21.0 Å². The first-order chi connectivity index (χ1) is 19.3. The zero-order valence-corrected chi connectivity index (χ0v) is 23.9. The second kappa shape index (κ2) is 10.7. The number of carbonyl (C=O) groups is 1.